The number of amides is 1. The number of carbonyl (C=O) groups excluding carboxylic acids is 1. The minimum Gasteiger partial charge on any atom is -0.497 e. The maximum atomic E-state index is 12.0. The number of hydrogen-bond donors (Lipinski definition) is 2. The second-order valence-corrected chi connectivity index (χ2v) is 8.42. The molecule has 0 radical (unpaired) electrons. The second kappa shape index (κ2) is 11.1. The number of methoxy groups -OCH3 is 2. The standard InChI is InChI=1S/C22H37N5O3/c1-22(2,3)20(28)24-9-10-25-21(23-4)27-13-11-26(12-14-27)16-17-15-18(29-5)7-8-19(17)30-6/h7-8,15H,9-14,16H2,1-6H3,(H,23,25)(H,24,28). The normalized spacial score (nSPS) is 15.7. The molecule has 1 aromatic carbocycles. The van der Waals surface area contributed by atoms with Crippen molar-refractivity contribution in [2.24, 2.45) is 10.4 Å². The van der Waals surface area contributed by atoms with Crippen molar-refractivity contribution in [3.8, 4) is 11.5 Å². The molecule has 0 saturated carbocycles. The maximum absolute atomic E-state index is 12.0. The Morgan fingerprint density at radius 3 is 2.30 bits per heavy atom. The van der Waals surface area contributed by atoms with Crippen LogP contribution in [0.3, 0.4) is 0 Å². The molecule has 1 aliphatic rings. The van der Waals surface area contributed by atoms with Crippen LogP contribution >= 0.6 is 0 Å². The molecule has 168 valence electrons. The molecule has 0 bridgehead atoms. The molecular weight excluding hydrogens is 382 g/mol. The third kappa shape index (κ3) is 6.79. The van der Waals surface area contributed by atoms with Gasteiger partial charge in [-0.25, -0.2) is 0 Å². The Balaban J connectivity index is 1.81. The summed E-state index contributed by atoms with van der Waals surface area (Å²) in [5.74, 6) is 2.65. The fourth-order valence-corrected chi connectivity index (χ4v) is 3.31. The van der Waals surface area contributed by atoms with E-state index in [9.17, 15) is 4.79 Å². The number of guanidine groups is 1. The summed E-state index contributed by atoms with van der Waals surface area (Å²) in [5.41, 5.74) is 0.756. The van der Waals surface area contributed by atoms with Crippen molar-refractivity contribution in [1.29, 1.82) is 0 Å². The van der Waals surface area contributed by atoms with Crippen molar-refractivity contribution in [2.45, 2.75) is 27.3 Å². The lowest BCUT2D eigenvalue weighted by Gasteiger charge is -2.36. The minimum atomic E-state index is -0.372. The summed E-state index contributed by atoms with van der Waals surface area (Å²) in [6, 6.07) is 5.91. The maximum Gasteiger partial charge on any atom is 0.225 e. The van der Waals surface area contributed by atoms with Crippen LogP contribution in [0.1, 0.15) is 26.3 Å². The first-order valence-electron chi connectivity index (χ1n) is 10.5. The van der Waals surface area contributed by atoms with Gasteiger partial charge in [0.25, 0.3) is 0 Å². The van der Waals surface area contributed by atoms with Gasteiger partial charge in [-0.2, -0.15) is 0 Å². The third-order valence-corrected chi connectivity index (χ3v) is 5.14. The van der Waals surface area contributed by atoms with Gasteiger partial charge in [0, 0.05) is 63.8 Å². The number of aliphatic imine (C=N–C) groups is 1. The molecule has 1 aromatic rings. The molecule has 0 atom stereocenters. The molecule has 1 aliphatic heterocycles. The van der Waals surface area contributed by atoms with Crippen LogP contribution < -0.4 is 20.1 Å². The number of benzene rings is 1. The Kier molecular flexibility index (Phi) is 8.77. The average molecular weight is 420 g/mol. The van der Waals surface area contributed by atoms with Crippen LogP contribution in [0.25, 0.3) is 0 Å². The van der Waals surface area contributed by atoms with Crippen molar-refractivity contribution < 1.29 is 14.3 Å². The largest absolute Gasteiger partial charge is 0.497 e. The molecule has 0 spiro atoms. The molecule has 8 nitrogen and oxygen atoms in total. The van der Waals surface area contributed by atoms with Crippen LogP contribution in [0.2, 0.25) is 0 Å². The monoisotopic (exact) mass is 419 g/mol. The zero-order chi connectivity index (χ0) is 22.1. The fraction of sp³-hybridized carbons (Fsp3) is 0.636. The molecule has 2 N–H and O–H groups in total. The Hall–Kier alpha value is -2.48. The van der Waals surface area contributed by atoms with Gasteiger partial charge in [-0.15, -0.1) is 0 Å². The van der Waals surface area contributed by atoms with Gasteiger partial charge in [-0.1, -0.05) is 20.8 Å². The van der Waals surface area contributed by atoms with Crippen LogP contribution in [0.15, 0.2) is 23.2 Å². The highest BCUT2D eigenvalue weighted by Gasteiger charge is 2.22. The molecule has 8 heteroatoms. The summed E-state index contributed by atoms with van der Waals surface area (Å²) in [7, 11) is 5.17. The number of rotatable bonds is 7. The lowest BCUT2D eigenvalue weighted by molar-refractivity contribution is -0.128. The Labute approximate surface area is 180 Å². The van der Waals surface area contributed by atoms with E-state index in [-0.39, 0.29) is 11.3 Å². The Morgan fingerprint density at radius 2 is 1.73 bits per heavy atom. The second-order valence-electron chi connectivity index (χ2n) is 8.42. The van der Waals surface area contributed by atoms with E-state index in [2.05, 4.69) is 25.4 Å². The zero-order valence-corrected chi connectivity index (χ0v) is 19.2. The van der Waals surface area contributed by atoms with Crippen LogP contribution in [0.5, 0.6) is 11.5 Å². The van der Waals surface area contributed by atoms with Crippen molar-refractivity contribution in [3.63, 3.8) is 0 Å². The highest BCUT2D eigenvalue weighted by Crippen LogP contribution is 2.25. The summed E-state index contributed by atoms with van der Waals surface area (Å²) < 4.78 is 10.9. The van der Waals surface area contributed by atoms with Crippen molar-refractivity contribution in [3.05, 3.63) is 23.8 Å². The molecule has 1 heterocycles. The molecule has 30 heavy (non-hydrogen) atoms. The van der Waals surface area contributed by atoms with Gasteiger partial charge in [0.1, 0.15) is 11.5 Å². The SMILES string of the molecule is CN=C(NCCNC(=O)C(C)(C)C)N1CCN(Cc2cc(OC)ccc2OC)CC1. The van der Waals surface area contributed by atoms with Gasteiger partial charge in [-0.3, -0.25) is 14.7 Å². The molecule has 1 fully saturated rings. The van der Waals surface area contributed by atoms with Crippen molar-refractivity contribution in [1.82, 2.24) is 20.4 Å². The molecule has 2 rings (SSSR count). The van der Waals surface area contributed by atoms with Gasteiger partial charge < -0.3 is 25.0 Å². The first kappa shape index (κ1) is 23.8. The van der Waals surface area contributed by atoms with E-state index in [4.69, 9.17) is 9.47 Å². The Bertz CT molecular complexity index is 722. The zero-order valence-electron chi connectivity index (χ0n) is 19.2. The average Bonchev–Trinajstić information content (AvgIpc) is 2.73. The van der Waals surface area contributed by atoms with Gasteiger partial charge in [0.15, 0.2) is 5.96 Å². The van der Waals surface area contributed by atoms with Gasteiger partial charge in [0.05, 0.1) is 14.2 Å². The number of ether oxygens (including phenoxy) is 2. The van der Waals surface area contributed by atoms with E-state index in [1.54, 1.807) is 21.3 Å². The van der Waals surface area contributed by atoms with Crippen molar-refractivity contribution >= 4 is 11.9 Å². The lowest BCUT2D eigenvalue weighted by atomic mass is 9.96. The van der Waals surface area contributed by atoms with E-state index in [1.165, 1.54) is 0 Å². The van der Waals surface area contributed by atoms with E-state index in [0.717, 1.165) is 55.7 Å². The third-order valence-electron chi connectivity index (χ3n) is 5.14. The highest BCUT2D eigenvalue weighted by molar-refractivity contribution is 5.82. The van der Waals surface area contributed by atoms with E-state index < -0.39 is 0 Å². The summed E-state index contributed by atoms with van der Waals surface area (Å²) in [6.45, 7) is 11.4. The number of nitrogens with zero attached hydrogens (tertiary/aromatic N) is 3. The summed E-state index contributed by atoms with van der Waals surface area (Å²) in [4.78, 5) is 21.0. The molecule has 1 saturated heterocycles. The molecule has 1 amide bonds. The summed E-state index contributed by atoms with van der Waals surface area (Å²) in [5, 5.41) is 6.30. The lowest BCUT2D eigenvalue weighted by Crippen LogP contribution is -2.53. The van der Waals surface area contributed by atoms with E-state index >= 15 is 0 Å². The minimum absolute atomic E-state index is 0.0564. The number of nitrogens with one attached hydrogen (secondary N) is 2. The summed E-state index contributed by atoms with van der Waals surface area (Å²) >= 11 is 0. The van der Waals surface area contributed by atoms with Crippen LogP contribution in [-0.2, 0) is 11.3 Å². The fourth-order valence-electron chi connectivity index (χ4n) is 3.31. The number of carbonyl (C=O) groups is 1. The molecule has 0 unspecified atom stereocenters. The van der Waals surface area contributed by atoms with Crippen LogP contribution in [0.4, 0.5) is 0 Å². The first-order valence-corrected chi connectivity index (χ1v) is 10.5. The highest BCUT2D eigenvalue weighted by atomic mass is 16.5. The summed E-state index contributed by atoms with van der Waals surface area (Å²) in [6.07, 6.45) is 0. The van der Waals surface area contributed by atoms with Crippen molar-refractivity contribution in [2.75, 3.05) is 60.5 Å². The molecule has 0 aromatic heterocycles. The predicted octanol–water partition coefficient (Wildman–Crippen LogP) is 1.56. The van der Waals surface area contributed by atoms with Gasteiger partial charge in [-0.05, 0) is 18.2 Å². The van der Waals surface area contributed by atoms with E-state index in [1.807, 2.05) is 39.0 Å². The first-order chi connectivity index (χ1) is 14.3. The molecular formula is C22H37N5O3. The number of piperazine rings is 1. The van der Waals surface area contributed by atoms with Gasteiger partial charge >= 0.3 is 0 Å². The number of hydrogen-bond acceptors (Lipinski definition) is 5. The smallest absolute Gasteiger partial charge is 0.225 e. The van der Waals surface area contributed by atoms with Gasteiger partial charge in [0.2, 0.25) is 5.91 Å². The quantitative estimate of drug-likeness (QED) is 0.397. The predicted molar refractivity (Wildman–Crippen MR) is 120 cm³/mol. The Morgan fingerprint density at radius 1 is 1.07 bits per heavy atom. The van der Waals surface area contributed by atoms with Crippen LogP contribution in [0, 0.1) is 5.41 Å². The van der Waals surface area contributed by atoms with E-state index in [0.29, 0.717) is 13.1 Å². The molecule has 0 aliphatic carbocycles. The van der Waals surface area contributed by atoms with Crippen LogP contribution in [-0.4, -0.2) is 82.2 Å². The topological polar surface area (TPSA) is 78.4 Å².